The van der Waals surface area contributed by atoms with Gasteiger partial charge in [0.1, 0.15) is 0 Å². The zero-order chi connectivity index (χ0) is 13.9. The molecule has 0 saturated heterocycles. The van der Waals surface area contributed by atoms with Crippen molar-refractivity contribution in [2.45, 2.75) is 10.6 Å². The molecule has 0 saturated carbocycles. The molecule has 0 aromatic heterocycles. The van der Waals surface area contributed by atoms with Crippen LogP contribution in [0.4, 0.5) is 5.69 Å². The third-order valence-electron chi connectivity index (χ3n) is 3.33. The van der Waals surface area contributed by atoms with Crippen LogP contribution in [-0.4, -0.2) is 4.21 Å². The Labute approximate surface area is 120 Å². The summed E-state index contributed by atoms with van der Waals surface area (Å²) in [6.07, 6.45) is 0. The van der Waals surface area contributed by atoms with E-state index in [1.165, 1.54) is 5.39 Å². The van der Waals surface area contributed by atoms with Gasteiger partial charge in [-0.05, 0) is 28.5 Å². The van der Waals surface area contributed by atoms with E-state index in [2.05, 4.69) is 18.2 Å². The fourth-order valence-corrected chi connectivity index (χ4v) is 3.58. The lowest BCUT2D eigenvalue weighted by molar-refractivity contribution is 0.683. The molecule has 2 N–H and O–H groups in total. The smallest absolute Gasteiger partial charge is 0.0620 e. The Bertz CT molecular complexity index is 777. The SMILES string of the molecule is Nc1ccccc1S(=O)Cc1cccc2ccccc12. The summed E-state index contributed by atoms with van der Waals surface area (Å²) in [4.78, 5) is 0.709. The molecule has 0 spiro atoms. The maximum atomic E-state index is 12.5. The van der Waals surface area contributed by atoms with Crippen molar-refractivity contribution in [1.29, 1.82) is 0 Å². The number of nitrogen functional groups attached to an aromatic ring is 1. The largest absolute Gasteiger partial charge is 0.398 e. The van der Waals surface area contributed by atoms with Gasteiger partial charge >= 0.3 is 0 Å². The summed E-state index contributed by atoms with van der Waals surface area (Å²) in [5, 5.41) is 2.32. The van der Waals surface area contributed by atoms with Crippen molar-refractivity contribution in [2.75, 3.05) is 5.73 Å². The number of para-hydroxylation sites is 1. The van der Waals surface area contributed by atoms with Crippen molar-refractivity contribution in [3.63, 3.8) is 0 Å². The molecule has 3 aromatic rings. The molecule has 0 amide bonds. The lowest BCUT2D eigenvalue weighted by Gasteiger charge is -2.08. The Kier molecular flexibility index (Phi) is 3.52. The summed E-state index contributed by atoms with van der Waals surface area (Å²) >= 11 is 0. The number of anilines is 1. The van der Waals surface area contributed by atoms with E-state index in [0.717, 1.165) is 10.9 Å². The number of hydrogen-bond acceptors (Lipinski definition) is 2. The van der Waals surface area contributed by atoms with Crippen LogP contribution in [-0.2, 0) is 16.6 Å². The monoisotopic (exact) mass is 281 g/mol. The van der Waals surface area contributed by atoms with Gasteiger partial charge in [0, 0.05) is 5.69 Å². The quantitative estimate of drug-likeness (QED) is 0.743. The number of rotatable bonds is 3. The lowest BCUT2D eigenvalue weighted by Crippen LogP contribution is -2.01. The minimum absolute atomic E-state index is 0.482. The Morgan fingerprint density at radius 3 is 2.40 bits per heavy atom. The first-order chi connectivity index (χ1) is 9.75. The first-order valence-corrected chi connectivity index (χ1v) is 7.77. The summed E-state index contributed by atoms with van der Waals surface area (Å²) in [6, 6.07) is 21.6. The van der Waals surface area contributed by atoms with Crippen LogP contribution >= 0.6 is 0 Å². The maximum Gasteiger partial charge on any atom is 0.0620 e. The first kappa shape index (κ1) is 12.9. The molecule has 3 rings (SSSR count). The molecule has 1 atom stereocenters. The highest BCUT2D eigenvalue weighted by Crippen LogP contribution is 2.23. The van der Waals surface area contributed by atoms with Crippen LogP contribution in [0, 0.1) is 0 Å². The van der Waals surface area contributed by atoms with Crippen LogP contribution < -0.4 is 5.73 Å². The zero-order valence-electron chi connectivity index (χ0n) is 11.0. The second-order valence-corrected chi connectivity index (χ2v) is 6.09. The molecular weight excluding hydrogens is 266 g/mol. The minimum atomic E-state index is -1.13. The molecular formula is C17H15NOS. The van der Waals surface area contributed by atoms with Crippen LogP contribution in [0.2, 0.25) is 0 Å². The maximum absolute atomic E-state index is 12.5. The number of nitrogens with two attached hydrogens (primary N) is 1. The van der Waals surface area contributed by atoms with E-state index in [0.29, 0.717) is 16.3 Å². The van der Waals surface area contributed by atoms with Crippen molar-refractivity contribution in [3.05, 3.63) is 72.3 Å². The van der Waals surface area contributed by atoms with Gasteiger partial charge in [-0.2, -0.15) is 0 Å². The van der Waals surface area contributed by atoms with Crippen LogP contribution in [0.15, 0.2) is 71.6 Å². The van der Waals surface area contributed by atoms with E-state index in [1.807, 2.05) is 42.5 Å². The van der Waals surface area contributed by atoms with Crippen molar-refractivity contribution < 1.29 is 4.21 Å². The Morgan fingerprint density at radius 2 is 1.55 bits per heavy atom. The molecule has 3 aromatic carbocycles. The van der Waals surface area contributed by atoms with E-state index >= 15 is 0 Å². The number of hydrogen-bond donors (Lipinski definition) is 1. The topological polar surface area (TPSA) is 43.1 Å². The van der Waals surface area contributed by atoms with E-state index < -0.39 is 10.8 Å². The first-order valence-electron chi connectivity index (χ1n) is 6.45. The van der Waals surface area contributed by atoms with E-state index in [-0.39, 0.29) is 0 Å². The highest BCUT2D eigenvalue weighted by molar-refractivity contribution is 7.84. The molecule has 20 heavy (non-hydrogen) atoms. The fourth-order valence-electron chi connectivity index (χ4n) is 2.33. The summed E-state index contributed by atoms with van der Waals surface area (Å²) in [5.74, 6) is 0.482. The normalized spacial score (nSPS) is 12.4. The molecule has 0 aliphatic heterocycles. The summed E-state index contributed by atoms with van der Waals surface area (Å²) in [7, 11) is -1.13. The molecule has 0 radical (unpaired) electrons. The summed E-state index contributed by atoms with van der Waals surface area (Å²) in [6.45, 7) is 0. The zero-order valence-corrected chi connectivity index (χ0v) is 11.8. The van der Waals surface area contributed by atoms with Crippen molar-refractivity contribution >= 4 is 27.3 Å². The average Bonchev–Trinajstić information content (AvgIpc) is 2.48. The predicted molar refractivity (Wildman–Crippen MR) is 84.9 cm³/mol. The second-order valence-electron chi connectivity index (χ2n) is 4.67. The Balaban J connectivity index is 1.98. The highest BCUT2D eigenvalue weighted by Gasteiger charge is 2.10. The van der Waals surface area contributed by atoms with Gasteiger partial charge in [-0.3, -0.25) is 4.21 Å². The standard InChI is InChI=1S/C17H15NOS/c18-16-10-3-4-11-17(16)20(19)12-14-8-5-7-13-6-1-2-9-15(13)14/h1-11H,12,18H2. The molecule has 100 valence electrons. The van der Waals surface area contributed by atoms with Gasteiger partial charge in [0.05, 0.1) is 21.4 Å². The van der Waals surface area contributed by atoms with Crippen molar-refractivity contribution in [3.8, 4) is 0 Å². The lowest BCUT2D eigenvalue weighted by atomic mass is 10.1. The van der Waals surface area contributed by atoms with Gasteiger partial charge in [-0.1, -0.05) is 54.6 Å². The molecule has 1 unspecified atom stereocenters. The van der Waals surface area contributed by atoms with Gasteiger partial charge in [0.25, 0.3) is 0 Å². The van der Waals surface area contributed by atoms with Crippen LogP contribution in [0.5, 0.6) is 0 Å². The fraction of sp³-hybridized carbons (Fsp3) is 0.0588. The minimum Gasteiger partial charge on any atom is -0.398 e. The van der Waals surface area contributed by atoms with Crippen molar-refractivity contribution in [2.24, 2.45) is 0 Å². The Morgan fingerprint density at radius 1 is 0.850 bits per heavy atom. The van der Waals surface area contributed by atoms with Gasteiger partial charge < -0.3 is 5.73 Å². The highest BCUT2D eigenvalue weighted by atomic mass is 32.2. The molecule has 0 aliphatic carbocycles. The summed E-state index contributed by atoms with van der Waals surface area (Å²) in [5.41, 5.74) is 7.57. The molecule has 2 nitrogen and oxygen atoms in total. The third kappa shape index (κ3) is 2.45. The number of benzene rings is 3. The molecule has 0 aliphatic rings. The molecule has 0 heterocycles. The molecule has 0 fully saturated rings. The summed E-state index contributed by atoms with van der Waals surface area (Å²) < 4.78 is 12.5. The average molecular weight is 281 g/mol. The van der Waals surface area contributed by atoms with Gasteiger partial charge in [0.15, 0.2) is 0 Å². The second kappa shape index (κ2) is 5.47. The molecule has 0 bridgehead atoms. The number of fused-ring (bicyclic) bond motifs is 1. The van der Waals surface area contributed by atoms with Gasteiger partial charge in [-0.15, -0.1) is 0 Å². The van der Waals surface area contributed by atoms with Gasteiger partial charge in [-0.25, -0.2) is 0 Å². The van der Waals surface area contributed by atoms with Gasteiger partial charge in [0.2, 0.25) is 0 Å². The van der Waals surface area contributed by atoms with E-state index in [1.54, 1.807) is 6.07 Å². The van der Waals surface area contributed by atoms with E-state index in [9.17, 15) is 4.21 Å². The van der Waals surface area contributed by atoms with Crippen molar-refractivity contribution in [1.82, 2.24) is 0 Å². The van der Waals surface area contributed by atoms with Crippen LogP contribution in [0.3, 0.4) is 0 Å². The molecule has 3 heteroatoms. The predicted octanol–water partition coefficient (Wildman–Crippen LogP) is 3.73. The van der Waals surface area contributed by atoms with E-state index in [4.69, 9.17) is 5.73 Å². The van der Waals surface area contributed by atoms with Crippen LogP contribution in [0.25, 0.3) is 10.8 Å². The Hall–Kier alpha value is -2.13. The van der Waals surface area contributed by atoms with Crippen LogP contribution in [0.1, 0.15) is 5.56 Å². The third-order valence-corrected chi connectivity index (χ3v) is 4.77.